The highest BCUT2D eigenvalue weighted by Gasteiger charge is 2.14. The first-order chi connectivity index (χ1) is 13.1. The monoisotopic (exact) mass is 384 g/mol. The summed E-state index contributed by atoms with van der Waals surface area (Å²) in [5.74, 6) is 0.330. The third-order valence-electron chi connectivity index (χ3n) is 4.12. The molecule has 27 heavy (non-hydrogen) atoms. The van der Waals surface area contributed by atoms with Crippen LogP contribution < -0.4 is 10.6 Å². The van der Waals surface area contributed by atoms with Gasteiger partial charge in [-0.1, -0.05) is 30.7 Å². The van der Waals surface area contributed by atoms with Crippen molar-refractivity contribution in [3.63, 3.8) is 0 Å². The number of carbonyl (C=O) groups excluding carboxylic acids is 2. The highest BCUT2D eigenvalue weighted by atomic mass is 35.5. The van der Waals surface area contributed by atoms with Gasteiger partial charge in [0.05, 0.1) is 17.6 Å². The van der Waals surface area contributed by atoms with Crippen LogP contribution in [-0.4, -0.2) is 27.9 Å². The van der Waals surface area contributed by atoms with Gasteiger partial charge in [0.1, 0.15) is 12.4 Å². The lowest BCUT2D eigenvalue weighted by Crippen LogP contribution is -2.30. The van der Waals surface area contributed by atoms with Crippen LogP contribution in [0.15, 0.2) is 48.5 Å². The zero-order valence-corrected chi connectivity index (χ0v) is 15.8. The Hall–Kier alpha value is -2.86. The van der Waals surface area contributed by atoms with Gasteiger partial charge in [-0.2, -0.15) is 0 Å². The molecule has 7 heteroatoms. The molecule has 0 radical (unpaired) electrons. The van der Waals surface area contributed by atoms with E-state index in [-0.39, 0.29) is 24.9 Å². The van der Waals surface area contributed by atoms with Crippen LogP contribution in [0.3, 0.4) is 0 Å². The zero-order chi connectivity index (χ0) is 19.2. The quantitative estimate of drug-likeness (QED) is 0.657. The molecule has 6 nitrogen and oxygen atoms in total. The second kappa shape index (κ2) is 8.68. The maximum Gasteiger partial charge on any atom is 0.251 e. The number of rotatable bonds is 7. The lowest BCUT2D eigenvalue weighted by atomic mass is 10.2. The summed E-state index contributed by atoms with van der Waals surface area (Å²) in [4.78, 5) is 29.1. The van der Waals surface area contributed by atoms with Gasteiger partial charge in [0.25, 0.3) is 5.91 Å². The SMILES string of the molecule is CCCNC(=O)Cn1c(CNC(=O)c2ccc(Cl)cc2)nc2ccccc21. The van der Waals surface area contributed by atoms with Crippen LogP contribution in [0, 0.1) is 0 Å². The summed E-state index contributed by atoms with van der Waals surface area (Å²) >= 11 is 5.86. The normalized spacial score (nSPS) is 10.7. The number of imidazole rings is 1. The van der Waals surface area contributed by atoms with Crippen LogP contribution in [0.1, 0.15) is 29.5 Å². The molecule has 0 spiro atoms. The highest BCUT2D eigenvalue weighted by Crippen LogP contribution is 2.16. The smallest absolute Gasteiger partial charge is 0.251 e. The van der Waals surface area contributed by atoms with Gasteiger partial charge in [0.2, 0.25) is 5.91 Å². The molecule has 3 rings (SSSR count). The largest absolute Gasteiger partial charge is 0.355 e. The summed E-state index contributed by atoms with van der Waals surface area (Å²) in [5, 5.41) is 6.30. The van der Waals surface area contributed by atoms with Crippen molar-refractivity contribution in [2.45, 2.75) is 26.4 Å². The fourth-order valence-electron chi connectivity index (χ4n) is 2.76. The first kappa shape index (κ1) is 18.9. The van der Waals surface area contributed by atoms with Crippen LogP contribution in [0.25, 0.3) is 11.0 Å². The molecule has 2 N–H and O–H groups in total. The van der Waals surface area contributed by atoms with Crippen molar-refractivity contribution >= 4 is 34.4 Å². The minimum atomic E-state index is -0.222. The summed E-state index contributed by atoms with van der Waals surface area (Å²) in [6, 6.07) is 14.3. The van der Waals surface area contributed by atoms with E-state index in [2.05, 4.69) is 15.6 Å². The first-order valence-electron chi connectivity index (χ1n) is 8.83. The average molecular weight is 385 g/mol. The van der Waals surface area contributed by atoms with Gasteiger partial charge in [-0.05, 0) is 42.8 Å². The third-order valence-corrected chi connectivity index (χ3v) is 4.37. The van der Waals surface area contributed by atoms with Crippen molar-refractivity contribution < 1.29 is 9.59 Å². The Kier molecular flexibility index (Phi) is 6.08. The van der Waals surface area contributed by atoms with Crippen molar-refractivity contribution in [1.82, 2.24) is 20.2 Å². The van der Waals surface area contributed by atoms with E-state index in [1.807, 2.05) is 35.8 Å². The van der Waals surface area contributed by atoms with Crippen molar-refractivity contribution in [2.75, 3.05) is 6.54 Å². The minimum absolute atomic E-state index is 0.0784. The van der Waals surface area contributed by atoms with E-state index >= 15 is 0 Å². The summed E-state index contributed by atoms with van der Waals surface area (Å²) < 4.78 is 1.84. The second-order valence-electron chi connectivity index (χ2n) is 6.14. The lowest BCUT2D eigenvalue weighted by Gasteiger charge is -2.10. The van der Waals surface area contributed by atoms with Gasteiger partial charge in [-0.25, -0.2) is 4.98 Å². The summed E-state index contributed by atoms with van der Waals surface area (Å²) in [5.41, 5.74) is 2.17. The fourth-order valence-corrected chi connectivity index (χ4v) is 2.89. The molecule has 2 amide bonds. The molecule has 0 atom stereocenters. The van der Waals surface area contributed by atoms with Crippen LogP contribution in [0.4, 0.5) is 0 Å². The number of nitrogens with zero attached hydrogens (tertiary/aromatic N) is 2. The molecule has 2 aromatic carbocycles. The molecule has 0 saturated heterocycles. The Morgan fingerprint density at radius 2 is 1.81 bits per heavy atom. The lowest BCUT2D eigenvalue weighted by molar-refractivity contribution is -0.121. The molecule has 1 heterocycles. The van der Waals surface area contributed by atoms with Gasteiger partial charge in [-0.3, -0.25) is 9.59 Å². The van der Waals surface area contributed by atoms with E-state index < -0.39 is 0 Å². The van der Waals surface area contributed by atoms with E-state index in [9.17, 15) is 9.59 Å². The third kappa shape index (κ3) is 4.65. The Morgan fingerprint density at radius 3 is 2.56 bits per heavy atom. The molecular formula is C20H21ClN4O2. The number of hydrogen-bond donors (Lipinski definition) is 2. The molecule has 0 unspecified atom stereocenters. The minimum Gasteiger partial charge on any atom is -0.355 e. The molecular weight excluding hydrogens is 364 g/mol. The number of amides is 2. The van der Waals surface area contributed by atoms with Crippen molar-refractivity contribution in [3.8, 4) is 0 Å². The van der Waals surface area contributed by atoms with Crippen molar-refractivity contribution in [1.29, 1.82) is 0 Å². The Morgan fingerprint density at radius 1 is 1.07 bits per heavy atom. The van der Waals surface area contributed by atoms with Crippen LogP contribution >= 0.6 is 11.6 Å². The van der Waals surface area contributed by atoms with Gasteiger partial charge in [0, 0.05) is 17.1 Å². The number of nitrogens with one attached hydrogen (secondary N) is 2. The Bertz CT molecular complexity index is 950. The molecule has 140 valence electrons. The predicted octanol–water partition coefficient (Wildman–Crippen LogP) is 3.15. The standard InChI is InChI=1S/C20H21ClN4O2/c1-2-11-22-19(26)13-25-17-6-4-3-5-16(17)24-18(25)12-23-20(27)14-7-9-15(21)10-8-14/h3-10H,2,11-13H2,1H3,(H,22,26)(H,23,27). The molecule has 0 aliphatic carbocycles. The van der Waals surface area contributed by atoms with Gasteiger partial charge in [0.15, 0.2) is 0 Å². The maximum atomic E-state index is 12.3. The highest BCUT2D eigenvalue weighted by molar-refractivity contribution is 6.30. The summed E-state index contributed by atoms with van der Waals surface area (Å²) in [7, 11) is 0. The summed E-state index contributed by atoms with van der Waals surface area (Å²) in [6.07, 6.45) is 0.875. The Labute approximate surface area is 162 Å². The Balaban J connectivity index is 1.78. The first-order valence-corrected chi connectivity index (χ1v) is 9.21. The number of fused-ring (bicyclic) bond motifs is 1. The van der Waals surface area contributed by atoms with Gasteiger partial charge < -0.3 is 15.2 Å². The van der Waals surface area contributed by atoms with Crippen LogP contribution in [-0.2, 0) is 17.9 Å². The maximum absolute atomic E-state index is 12.3. The van der Waals surface area contributed by atoms with E-state index in [1.54, 1.807) is 24.3 Å². The molecule has 0 saturated carbocycles. The number of aromatic nitrogens is 2. The van der Waals surface area contributed by atoms with Crippen LogP contribution in [0.2, 0.25) is 5.02 Å². The van der Waals surface area contributed by atoms with Crippen LogP contribution in [0.5, 0.6) is 0 Å². The molecule has 0 bridgehead atoms. The van der Waals surface area contributed by atoms with Gasteiger partial charge >= 0.3 is 0 Å². The van der Waals surface area contributed by atoms with Crippen molar-refractivity contribution in [2.24, 2.45) is 0 Å². The van der Waals surface area contributed by atoms with Crippen molar-refractivity contribution in [3.05, 3.63) is 64.9 Å². The number of carbonyl (C=O) groups is 2. The number of para-hydroxylation sites is 2. The van der Waals surface area contributed by atoms with E-state index in [4.69, 9.17) is 11.6 Å². The van der Waals surface area contributed by atoms with E-state index in [0.717, 1.165) is 17.5 Å². The molecule has 1 aromatic heterocycles. The van der Waals surface area contributed by atoms with Gasteiger partial charge in [-0.15, -0.1) is 0 Å². The predicted molar refractivity (Wildman–Crippen MR) is 106 cm³/mol. The summed E-state index contributed by atoms with van der Waals surface area (Å²) in [6.45, 7) is 3.02. The molecule has 0 aliphatic rings. The molecule has 0 aliphatic heterocycles. The number of halogens is 1. The van der Waals surface area contributed by atoms with E-state index in [1.165, 1.54) is 0 Å². The number of benzene rings is 2. The zero-order valence-electron chi connectivity index (χ0n) is 15.0. The van der Waals surface area contributed by atoms with E-state index in [0.29, 0.717) is 23.0 Å². The molecule has 3 aromatic rings. The second-order valence-corrected chi connectivity index (χ2v) is 6.58. The molecule has 0 fully saturated rings. The topological polar surface area (TPSA) is 76.0 Å². The average Bonchev–Trinajstić information content (AvgIpc) is 3.02. The number of hydrogen-bond acceptors (Lipinski definition) is 3. The fraction of sp³-hybridized carbons (Fsp3) is 0.250.